The molecule has 3 fully saturated rings. The Hall–Kier alpha value is -0.280. The molecule has 3 rings (SSSR count). The second kappa shape index (κ2) is 3.70. The number of carbonyl (C=O) groups is 1. The van der Waals surface area contributed by atoms with E-state index in [0.29, 0.717) is 6.42 Å². The number of nitrogens with two attached hydrogens (primary N) is 1. The predicted molar refractivity (Wildman–Crippen MR) is 56.6 cm³/mol. The summed E-state index contributed by atoms with van der Waals surface area (Å²) >= 11 is 0. The lowest BCUT2D eigenvalue weighted by molar-refractivity contribution is -0.142. The van der Waals surface area contributed by atoms with Crippen molar-refractivity contribution in [2.45, 2.75) is 50.5 Å². The molecule has 0 aliphatic heterocycles. The van der Waals surface area contributed by atoms with E-state index in [0.717, 1.165) is 38.5 Å². The number of rotatable bonds is 2. The summed E-state index contributed by atoms with van der Waals surface area (Å²) in [4.78, 5) is 10.7. The summed E-state index contributed by atoms with van der Waals surface area (Å²) in [5.41, 5.74) is 6.30. The Balaban J connectivity index is 0.000000980. The van der Waals surface area contributed by atoms with Crippen LogP contribution < -0.4 is 5.73 Å². The SMILES string of the molecule is Cl.NC12CCC(CC(=O)O)(CC1)CC2. The fourth-order valence-electron chi connectivity index (χ4n) is 2.88. The van der Waals surface area contributed by atoms with Gasteiger partial charge in [-0.15, -0.1) is 12.4 Å². The fourth-order valence-corrected chi connectivity index (χ4v) is 2.88. The van der Waals surface area contributed by atoms with Crippen molar-refractivity contribution < 1.29 is 9.90 Å². The summed E-state index contributed by atoms with van der Waals surface area (Å²) in [6, 6.07) is 0. The zero-order valence-electron chi connectivity index (χ0n) is 8.29. The first-order valence-electron chi connectivity index (χ1n) is 5.04. The highest BCUT2D eigenvalue weighted by molar-refractivity contribution is 5.85. The highest BCUT2D eigenvalue weighted by atomic mass is 35.5. The first-order valence-corrected chi connectivity index (χ1v) is 5.04. The second-order valence-corrected chi connectivity index (χ2v) is 4.93. The van der Waals surface area contributed by atoms with Crippen molar-refractivity contribution >= 4 is 18.4 Å². The van der Waals surface area contributed by atoms with Crippen LogP contribution in [-0.4, -0.2) is 16.6 Å². The van der Waals surface area contributed by atoms with Crippen LogP contribution in [0.2, 0.25) is 0 Å². The Labute approximate surface area is 90.5 Å². The van der Waals surface area contributed by atoms with Gasteiger partial charge in [0.15, 0.2) is 0 Å². The van der Waals surface area contributed by atoms with E-state index < -0.39 is 5.97 Å². The van der Waals surface area contributed by atoms with Crippen molar-refractivity contribution in [1.82, 2.24) is 0 Å². The van der Waals surface area contributed by atoms with E-state index in [1.807, 2.05) is 0 Å². The van der Waals surface area contributed by atoms with Crippen molar-refractivity contribution in [2.75, 3.05) is 0 Å². The maximum atomic E-state index is 10.7. The molecule has 3 saturated carbocycles. The number of halogens is 1. The van der Waals surface area contributed by atoms with Gasteiger partial charge < -0.3 is 10.8 Å². The molecule has 0 spiro atoms. The van der Waals surface area contributed by atoms with Crippen LogP contribution in [0.25, 0.3) is 0 Å². The molecule has 82 valence electrons. The molecule has 0 aromatic rings. The molecule has 0 radical (unpaired) electrons. The van der Waals surface area contributed by atoms with Gasteiger partial charge in [-0.2, -0.15) is 0 Å². The third kappa shape index (κ3) is 2.04. The Morgan fingerprint density at radius 2 is 1.57 bits per heavy atom. The van der Waals surface area contributed by atoms with Gasteiger partial charge in [0.2, 0.25) is 0 Å². The molecule has 0 aromatic heterocycles. The van der Waals surface area contributed by atoms with Gasteiger partial charge in [-0.1, -0.05) is 0 Å². The minimum atomic E-state index is -0.647. The van der Waals surface area contributed by atoms with E-state index in [-0.39, 0.29) is 23.4 Å². The summed E-state index contributed by atoms with van der Waals surface area (Å²) in [7, 11) is 0. The molecule has 0 aromatic carbocycles. The third-order valence-electron chi connectivity index (χ3n) is 3.99. The molecule has 0 saturated heterocycles. The van der Waals surface area contributed by atoms with Crippen LogP contribution in [0.5, 0.6) is 0 Å². The van der Waals surface area contributed by atoms with Gasteiger partial charge in [0.25, 0.3) is 0 Å². The first kappa shape index (κ1) is 11.8. The minimum absolute atomic E-state index is 0. The summed E-state index contributed by atoms with van der Waals surface area (Å²) in [5.74, 6) is -0.647. The number of fused-ring (bicyclic) bond motifs is 3. The smallest absolute Gasteiger partial charge is 0.303 e. The molecular formula is C10H18ClNO2. The van der Waals surface area contributed by atoms with Gasteiger partial charge in [0.05, 0.1) is 6.42 Å². The van der Waals surface area contributed by atoms with Gasteiger partial charge in [-0.3, -0.25) is 4.79 Å². The minimum Gasteiger partial charge on any atom is -0.481 e. The number of carboxylic acids is 1. The van der Waals surface area contributed by atoms with Crippen LogP contribution in [-0.2, 0) is 4.79 Å². The van der Waals surface area contributed by atoms with E-state index in [2.05, 4.69) is 0 Å². The predicted octanol–water partition coefficient (Wildman–Crippen LogP) is 1.93. The van der Waals surface area contributed by atoms with Gasteiger partial charge in [-0.25, -0.2) is 0 Å². The van der Waals surface area contributed by atoms with E-state index >= 15 is 0 Å². The zero-order chi connectivity index (χ0) is 9.53. The average Bonchev–Trinajstić information content (AvgIpc) is 2.07. The number of hydrogen-bond acceptors (Lipinski definition) is 2. The molecule has 3 N–H and O–H groups in total. The van der Waals surface area contributed by atoms with Gasteiger partial charge >= 0.3 is 5.97 Å². The third-order valence-corrected chi connectivity index (χ3v) is 3.99. The van der Waals surface area contributed by atoms with Gasteiger partial charge in [0, 0.05) is 5.54 Å². The van der Waals surface area contributed by atoms with Crippen molar-refractivity contribution in [3.05, 3.63) is 0 Å². The van der Waals surface area contributed by atoms with Gasteiger partial charge in [-0.05, 0) is 43.9 Å². The fraction of sp³-hybridized carbons (Fsp3) is 0.900. The van der Waals surface area contributed by atoms with Crippen molar-refractivity contribution in [2.24, 2.45) is 11.1 Å². The largest absolute Gasteiger partial charge is 0.481 e. The van der Waals surface area contributed by atoms with Crippen LogP contribution in [0.1, 0.15) is 44.9 Å². The van der Waals surface area contributed by atoms with E-state index in [1.54, 1.807) is 0 Å². The van der Waals surface area contributed by atoms with E-state index in [4.69, 9.17) is 10.8 Å². The van der Waals surface area contributed by atoms with Crippen molar-refractivity contribution in [1.29, 1.82) is 0 Å². The normalized spacial score (nSPS) is 40.4. The maximum Gasteiger partial charge on any atom is 0.303 e. The molecule has 0 atom stereocenters. The van der Waals surface area contributed by atoms with Crippen LogP contribution >= 0.6 is 12.4 Å². The lowest BCUT2D eigenvalue weighted by atomic mass is 9.56. The summed E-state index contributed by atoms with van der Waals surface area (Å²) in [6.07, 6.45) is 6.51. The number of carboxylic acid groups (broad SMARTS) is 1. The van der Waals surface area contributed by atoms with Crippen LogP contribution in [0.15, 0.2) is 0 Å². The lowest BCUT2D eigenvalue weighted by Gasteiger charge is -2.51. The topological polar surface area (TPSA) is 63.3 Å². The van der Waals surface area contributed by atoms with E-state index in [9.17, 15) is 4.79 Å². The number of hydrogen-bond donors (Lipinski definition) is 2. The summed E-state index contributed by atoms with van der Waals surface area (Å²) in [5, 5.41) is 8.81. The number of aliphatic carboxylic acids is 1. The quantitative estimate of drug-likeness (QED) is 0.746. The van der Waals surface area contributed by atoms with Crippen LogP contribution in [0.3, 0.4) is 0 Å². The van der Waals surface area contributed by atoms with Crippen molar-refractivity contribution in [3.8, 4) is 0 Å². The molecule has 3 nitrogen and oxygen atoms in total. The average molecular weight is 220 g/mol. The van der Waals surface area contributed by atoms with Gasteiger partial charge in [0.1, 0.15) is 0 Å². The lowest BCUT2D eigenvalue weighted by Crippen LogP contribution is -2.52. The molecule has 14 heavy (non-hydrogen) atoms. The molecule has 0 heterocycles. The standard InChI is InChI=1S/C10H17NO2.ClH/c11-10-4-1-9(2-5-10,3-6-10)7-8(12)13;/h1-7,11H2,(H,12,13);1H. The Morgan fingerprint density at radius 1 is 1.14 bits per heavy atom. The molecule has 4 heteroatoms. The van der Waals surface area contributed by atoms with E-state index in [1.165, 1.54) is 0 Å². The summed E-state index contributed by atoms with van der Waals surface area (Å²) in [6.45, 7) is 0. The monoisotopic (exact) mass is 219 g/mol. The maximum absolute atomic E-state index is 10.7. The second-order valence-electron chi connectivity index (χ2n) is 4.93. The molecule has 3 aliphatic carbocycles. The zero-order valence-corrected chi connectivity index (χ0v) is 9.11. The Bertz CT molecular complexity index is 218. The molecule has 0 unspecified atom stereocenters. The molecular weight excluding hydrogens is 202 g/mol. The first-order chi connectivity index (χ1) is 6.04. The highest BCUT2D eigenvalue weighted by Crippen LogP contribution is 2.52. The molecule has 0 amide bonds. The Kier molecular flexibility index (Phi) is 3.12. The van der Waals surface area contributed by atoms with Crippen molar-refractivity contribution in [3.63, 3.8) is 0 Å². The Morgan fingerprint density at radius 3 is 1.93 bits per heavy atom. The summed E-state index contributed by atoms with van der Waals surface area (Å²) < 4.78 is 0. The highest BCUT2D eigenvalue weighted by Gasteiger charge is 2.47. The molecule has 2 bridgehead atoms. The molecule has 3 aliphatic rings. The van der Waals surface area contributed by atoms with Crippen LogP contribution in [0, 0.1) is 5.41 Å². The van der Waals surface area contributed by atoms with Crippen LogP contribution in [0.4, 0.5) is 0 Å².